The van der Waals surface area contributed by atoms with Crippen LogP contribution in [0.3, 0.4) is 0 Å². The smallest absolute Gasteiger partial charge is 0.246 e. The molecule has 0 aromatic carbocycles. The van der Waals surface area contributed by atoms with Crippen molar-refractivity contribution in [2.45, 2.75) is 18.9 Å². The molecule has 1 heterocycles. The third-order valence-electron chi connectivity index (χ3n) is 2.21. The Kier molecular flexibility index (Phi) is 3.49. The molecule has 0 saturated carbocycles. The number of carbonyl (C=O) groups is 2. The summed E-state index contributed by atoms with van der Waals surface area (Å²) < 4.78 is 0. The Morgan fingerprint density at radius 2 is 2.38 bits per heavy atom. The highest BCUT2D eigenvalue weighted by molar-refractivity contribution is 5.87. The van der Waals surface area contributed by atoms with E-state index in [9.17, 15) is 9.59 Å². The van der Waals surface area contributed by atoms with Crippen LogP contribution in [-0.4, -0.2) is 36.3 Å². The summed E-state index contributed by atoms with van der Waals surface area (Å²) in [5.41, 5.74) is 0. The number of rotatable bonds is 3. The Hall–Kier alpha value is -1.32. The van der Waals surface area contributed by atoms with Gasteiger partial charge in [-0.25, -0.2) is 0 Å². The van der Waals surface area contributed by atoms with Gasteiger partial charge in [-0.15, -0.1) is 0 Å². The Balaban J connectivity index is 2.45. The first-order chi connectivity index (χ1) is 6.27. The lowest BCUT2D eigenvalue weighted by atomic mass is 10.1. The van der Waals surface area contributed by atoms with Gasteiger partial charge in [-0.2, -0.15) is 0 Å². The minimum absolute atomic E-state index is 0.0580. The van der Waals surface area contributed by atoms with Crippen LogP contribution < -0.4 is 5.32 Å². The molecular formula is C9H14N2O2. The fourth-order valence-electron chi connectivity index (χ4n) is 1.54. The van der Waals surface area contributed by atoms with Crippen molar-refractivity contribution in [1.29, 1.82) is 0 Å². The molecular weight excluding hydrogens is 168 g/mol. The molecule has 1 N–H and O–H groups in total. The van der Waals surface area contributed by atoms with Gasteiger partial charge in [0.1, 0.15) is 0 Å². The molecule has 72 valence electrons. The summed E-state index contributed by atoms with van der Waals surface area (Å²) in [6.45, 7) is 4.79. The quantitative estimate of drug-likeness (QED) is 0.490. The number of nitrogens with one attached hydrogen (secondary N) is 1. The summed E-state index contributed by atoms with van der Waals surface area (Å²) in [6.07, 6.45) is 3.88. The van der Waals surface area contributed by atoms with Crippen LogP contribution >= 0.6 is 0 Å². The van der Waals surface area contributed by atoms with Crippen molar-refractivity contribution in [2.24, 2.45) is 0 Å². The van der Waals surface area contributed by atoms with Crippen LogP contribution in [0.1, 0.15) is 12.8 Å². The summed E-state index contributed by atoms with van der Waals surface area (Å²) in [5.74, 6) is -0.0580. The van der Waals surface area contributed by atoms with Gasteiger partial charge in [-0.1, -0.05) is 6.58 Å². The molecule has 2 amide bonds. The lowest BCUT2D eigenvalue weighted by Gasteiger charge is -2.31. The molecule has 0 spiro atoms. The van der Waals surface area contributed by atoms with Gasteiger partial charge >= 0.3 is 0 Å². The summed E-state index contributed by atoms with van der Waals surface area (Å²) in [4.78, 5) is 23.1. The summed E-state index contributed by atoms with van der Waals surface area (Å²) in [5, 5.41) is 2.68. The van der Waals surface area contributed by atoms with Crippen molar-refractivity contribution in [1.82, 2.24) is 10.2 Å². The second kappa shape index (κ2) is 4.64. The van der Waals surface area contributed by atoms with Gasteiger partial charge in [0.05, 0.1) is 0 Å². The minimum atomic E-state index is -0.0580. The fourth-order valence-corrected chi connectivity index (χ4v) is 1.54. The largest absolute Gasteiger partial charge is 0.354 e. The first-order valence-electron chi connectivity index (χ1n) is 4.39. The number of hydrogen-bond donors (Lipinski definition) is 1. The first-order valence-corrected chi connectivity index (χ1v) is 4.39. The highest BCUT2D eigenvalue weighted by Gasteiger charge is 2.21. The second-order valence-corrected chi connectivity index (χ2v) is 3.11. The Morgan fingerprint density at radius 3 is 3.00 bits per heavy atom. The van der Waals surface area contributed by atoms with Crippen molar-refractivity contribution in [3.63, 3.8) is 0 Å². The molecule has 1 aliphatic heterocycles. The Morgan fingerprint density at radius 1 is 1.62 bits per heavy atom. The number of amides is 2. The zero-order chi connectivity index (χ0) is 9.68. The highest BCUT2D eigenvalue weighted by atomic mass is 16.2. The molecule has 1 saturated heterocycles. The van der Waals surface area contributed by atoms with E-state index in [1.807, 2.05) is 0 Å². The van der Waals surface area contributed by atoms with E-state index in [4.69, 9.17) is 0 Å². The van der Waals surface area contributed by atoms with E-state index in [1.54, 1.807) is 4.90 Å². The van der Waals surface area contributed by atoms with Crippen LogP contribution in [0.25, 0.3) is 0 Å². The van der Waals surface area contributed by atoms with E-state index >= 15 is 0 Å². The predicted molar refractivity (Wildman–Crippen MR) is 49.0 cm³/mol. The molecule has 0 bridgehead atoms. The molecule has 1 unspecified atom stereocenters. The third kappa shape index (κ3) is 2.57. The molecule has 1 rings (SSSR count). The van der Waals surface area contributed by atoms with Crippen molar-refractivity contribution in [2.75, 3.05) is 13.1 Å². The maximum atomic E-state index is 11.2. The Labute approximate surface area is 77.6 Å². The average Bonchev–Trinajstić information content (AvgIpc) is 2.18. The predicted octanol–water partition coefficient (Wildman–Crippen LogP) is -0.0906. The van der Waals surface area contributed by atoms with Crippen LogP contribution in [-0.2, 0) is 9.59 Å². The maximum Gasteiger partial charge on any atom is 0.246 e. The number of nitrogens with zero attached hydrogens (tertiary/aromatic N) is 1. The molecule has 1 aliphatic rings. The van der Waals surface area contributed by atoms with Gasteiger partial charge in [0.2, 0.25) is 12.3 Å². The lowest BCUT2D eigenvalue weighted by Crippen LogP contribution is -2.47. The standard InChI is InChI=1S/C9H14N2O2/c1-2-9(13)11-5-3-4-8(6-11)10-7-12/h2,7-8H,1,3-6H2,(H,10,12). The molecule has 4 heteroatoms. The Bertz CT molecular complexity index is 216. The van der Waals surface area contributed by atoms with Crippen LogP contribution in [0, 0.1) is 0 Å². The molecule has 1 fully saturated rings. The lowest BCUT2D eigenvalue weighted by molar-refractivity contribution is -0.127. The minimum Gasteiger partial charge on any atom is -0.354 e. The van der Waals surface area contributed by atoms with Crippen LogP contribution in [0.15, 0.2) is 12.7 Å². The normalized spacial score (nSPS) is 22.2. The molecule has 0 aromatic heterocycles. The molecule has 0 radical (unpaired) electrons. The second-order valence-electron chi connectivity index (χ2n) is 3.11. The average molecular weight is 182 g/mol. The number of likely N-dealkylation sites (tertiary alicyclic amines) is 1. The SMILES string of the molecule is C=CC(=O)N1CCCC(NC=O)C1. The molecule has 4 nitrogen and oxygen atoms in total. The van der Waals surface area contributed by atoms with Gasteiger partial charge in [0, 0.05) is 19.1 Å². The van der Waals surface area contributed by atoms with Gasteiger partial charge in [0.15, 0.2) is 0 Å². The maximum absolute atomic E-state index is 11.2. The zero-order valence-electron chi connectivity index (χ0n) is 7.53. The van der Waals surface area contributed by atoms with Gasteiger partial charge in [0.25, 0.3) is 0 Å². The number of hydrogen-bond acceptors (Lipinski definition) is 2. The van der Waals surface area contributed by atoms with Crippen molar-refractivity contribution >= 4 is 12.3 Å². The fraction of sp³-hybridized carbons (Fsp3) is 0.556. The van der Waals surface area contributed by atoms with E-state index in [0.717, 1.165) is 19.4 Å². The first kappa shape index (κ1) is 9.77. The number of carbonyl (C=O) groups excluding carboxylic acids is 2. The molecule has 1 atom stereocenters. The van der Waals surface area contributed by atoms with Crippen LogP contribution in [0.2, 0.25) is 0 Å². The third-order valence-corrected chi connectivity index (χ3v) is 2.21. The molecule has 13 heavy (non-hydrogen) atoms. The van der Waals surface area contributed by atoms with E-state index in [1.165, 1.54) is 6.08 Å². The van der Waals surface area contributed by atoms with Gasteiger partial charge < -0.3 is 10.2 Å². The van der Waals surface area contributed by atoms with E-state index < -0.39 is 0 Å². The van der Waals surface area contributed by atoms with Crippen molar-refractivity contribution < 1.29 is 9.59 Å². The van der Waals surface area contributed by atoms with Crippen LogP contribution in [0.4, 0.5) is 0 Å². The topological polar surface area (TPSA) is 49.4 Å². The van der Waals surface area contributed by atoms with Crippen LogP contribution in [0.5, 0.6) is 0 Å². The molecule has 0 aromatic rings. The van der Waals surface area contributed by atoms with Gasteiger partial charge in [-0.3, -0.25) is 9.59 Å². The number of piperidine rings is 1. The zero-order valence-corrected chi connectivity index (χ0v) is 7.53. The van der Waals surface area contributed by atoms with Gasteiger partial charge in [-0.05, 0) is 18.9 Å². The van der Waals surface area contributed by atoms with Crippen molar-refractivity contribution in [3.05, 3.63) is 12.7 Å². The highest BCUT2D eigenvalue weighted by Crippen LogP contribution is 2.09. The summed E-state index contributed by atoms with van der Waals surface area (Å²) in [6, 6.07) is 0.107. The monoisotopic (exact) mass is 182 g/mol. The van der Waals surface area contributed by atoms with E-state index in [2.05, 4.69) is 11.9 Å². The van der Waals surface area contributed by atoms with E-state index in [0.29, 0.717) is 13.0 Å². The summed E-state index contributed by atoms with van der Waals surface area (Å²) >= 11 is 0. The molecule has 0 aliphatic carbocycles. The van der Waals surface area contributed by atoms with Crippen molar-refractivity contribution in [3.8, 4) is 0 Å². The van der Waals surface area contributed by atoms with E-state index in [-0.39, 0.29) is 11.9 Å². The summed E-state index contributed by atoms with van der Waals surface area (Å²) in [7, 11) is 0.